The lowest BCUT2D eigenvalue weighted by molar-refractivity contribution is 0.477. The van der Waals surface area contributed by atoms with Crippen LogP contribution in [0.5, 0.6) is 0 Å². The second kappa shape index (κ2) is 6.27. The highest BCUT2D eigenvalue weighted by Gasteiger charge is 1.90. The summed E-state index contributed by atoms with van der Waals surface area (Å²) in [4.78, 5) is 1.70. The molecule has 54 valence electrons. The Morgan fingerprint density at radius 1 is 1.27 bits per heavy atom. The predicted molar refractivity (Wildman–Crippen MR) is 44.0 cm³/mol. The van der Waals surface area contributed by atoms with Crippen molar-refractivity contribution in [2.45, 2.75) is 0 Å². The standard InChI is InChI=1S/C9H8N2/c1-3-7-11(8-4-2)9-5-6-10/h1-2,5,9H,7-8H2/b9-5-. The average Bonchev–Trinajstić information content (AvgIpc) is 2.01. The van der Waals surface area contributed by atoms with Gasteiger partial charge in [0.05, 0.1) is 19.2 Å². The summed E-state index contributed by atoms with van der Waals surface area (Å²) in [5.74, 6) is 4.86. The number of hydrogen-bond donors (Lipinski definition) is 0. The van der Waals surface area contributed by atoms with Crippen LogP contribution < -0.4 is 0 Å². The molecule has 0 fully saturated rings. The molecule has 0 saturated heterocycles. The second-order valence-corrected chi connectivity index (χ2v) is 1.76. The Morgan fingerprint density at radius 2 is 1.82 bits per heavy atom. The third-order valence-electron chi connectivity index (χ3n) is 0.949. The molecule has 0 aliphatic rings. The van der Waals surface area contributed by atoms with Gasteiger partial charge >= 0.3 is 0 Å². The zero-order valence-corrected chi connectivity index (χ0v) is 6.12. The monoisotopic (exact) mass is 144 g/mol. The maximum absolute atomic E-state index is 8.18. The molecule has 0 aromatic carbocycles. The quantitative estimate of drug-likeness (QED) is 0.428. The van der Waals surface area contributed by atoms with Crippen molar-refractivity contribution in [1.82, 2.24) is 4.90 Å². The molecule has 0 saturated carbocycles. The fraction of sp³-hybridized carbons (Fsp3) is 0.222. The molecule has 11 heavy (non-hydrogen) atoms. The van der Waals surface area contributed by atoms with E-state index in [1.165, 1.54) is 6.08 Å². The summed E-state index contributed by atoms with van der Waals surface area (Å²) in [5.41, 5.74) is 0. The van der Waals surface area contributed by atoms with E-state index < -0.39 is 0 Å². The molecule has 2 nitrogen and oxygen atoms in total. The zero-order valence-electron chi connectivity index (χ0n) is 6.12. The summed E-state index contributed by atoms with van der Waals surface area (Å²) in [6, 6.07) is 1.86. The highest BCUT2D eigenvalue weighted by atomic mass is 15.1. The Labute approximate surface area is 67.1 Å². The van der Waals surface area contributed by atoms with Crippen molar-refractivity contribution < 1.29 is 0 Å². The van der Waals surface area contributed by atoms with E-state index in [1.54, 1.807) is 11.1 Å². The maximum atomic E-state index is 8.18. The molecule has 0 aliphatic heterocycles. The molecular formula is C9H8N2. The molecule has 2 heteroatoms. The van der Waals surface area contributed by atoms with Gasteiger partial charge in [0, 0.05) is 12.3 Å². The van der Waals surface area contributed by atoms with Crippen molar-refractivity contribution in [3.8, 4) is 30.8 Å². The minimum Gasteiger partial charge on any atom is -0.355 e. The molecule has 0 atom stereocenters. The topological polar surface area (TPSA) is 27.0 Å². The summed E-state index contributed by atoms with van der Waals surface area (Å²) in [5, 5.41) is 8.18. The van der Waals surface area contributed by atoms with Crippen LogP contribution in [0.1, 0.15) is 0 Å². The van der Waals surface area contributed by atoms with Gasteiger partial charge in [-0.15, -0.1) is 12.8 Å². The van der Waals surface area contributed by atoms with Crippen LogP contribution in [-0.4, -0.2) is 18.0 Å². The summed E-state index contributed by atoms with van der Waals surface area (Å²) in [6.45, 7) is 0.866. The van der Waals surface area contributed by atoms with Gasteiger partial charge in [-0.3, -0.25) is 0 Å². The van der Waals surface area contributed by atoms with Gasteiger partial charge in [0.1, 0.15) is 0 Å². The largest absolute Gasteiger partial charge is 0.355 e. The van der Waals surface area contributed by atoms with Crippen LogP contribution in [0.2, 0.25) is 0 Å². The van der Waals surface area contributed by atoms with Gasteiger partial charge in [0.15, 0.2) is 0 Å². The highest BCUT2D eigenvalue weighted by Crippen LogP contribution is 1.86. The van der Waals surface area contributed by atoms with Crippen molar-refractivity contribution in [3.63, 3.8) is 0 Å². The first-order valence-corrected chi connectivity index (χ1v) is 3.02. The Balaban J connectivity index is 3.95. The number of rotatable bonds is 3. The van der Waals surface area contributed by atoms with Crippen LogP contribution in [0.25, 0.3) is 0 Å². The first-order chi connectivity index (χ1) is 5.35. The molecule has 0 spiro atoms. The Bertz CT molecular complexity index is 228. The molecule has 0 aromatic rings. The van der Waals surface area contributed by atoms with Gasteiger partial charge in [-0.05, 0) is 0 Å². The lowest BCUT2D eigenvalue weighted by Crippen LogP contribution is -2.17. The zero-order chi connectivity index (χ0) is 8.53. The van der Waals surface area contributed by atoms with E-state index in [2.05, 4.69) is 11.8 Å². The Morgan fingerprint density at radius 3 is 2.18 bits per heavy atom. The highest BCUT2D eigenvalue weighted by molar-refractivity contribution is 5.05. The van der Waals surface area contributed by atoms with Crippen LogP contribution in [0.4, 0.5) is 0 Å². The molecule has 0 bridgehead atoms. The van der Waals surface area contributed by atoms with E-state index in [4.69, 9.17) is 18.1 Å². The van der Waals surface area contributed by atoms with E-state index in [1.807, 2.05) is 6.07 Å². The average molecular weight is 144 g/mol. The number of terminal acetylenes is 2. The fourth-order valence-electron chi connectivity index (χ4n) is 0.535. The van der Waals surface area contributed by atoms with Gasteiger partial charge < -0.3 is 4.90 Å². The van der Waals surface area contributed by atoms with Gasteiger partial charge in [0.25, 0.3) is 0 Å². The third-order valence-corrected chi connectivity index (χ3v) is 0.949. The predicted octanol–water partition coefficient (Wildman–Crippen LogP) is 0.592. The lowest BCUT2D eigenvalue weighted by Gasteiger charge is -2.11. The van der Waals surface area contributed by atoms with Crippen LogP contribution in [-0.2, 0) is 0 Å². The van der Waals surface area contributed by atoms with Crippen LogP contribution in [0, 0.1) is 36.0 Å². The van der Waals surface area contributed by atoms with Crippen molar-refractivity contribution >= 4 is 0 Å². The fourth-order valence-corrected chi connectivity index (χ4v) is 0.535. The van der Waals surface area contributed by atoms with E-state index >= 15 is 0 Å². The van der Waals surface area contributed by atoms with Crippen molar-refractivity contribution in [1.29, 1.82) is 5.26 Å². The van der Waals surface area contributed by atoms with E-state index in [9.17, 15) is 0 Å². The van der Waals surface area contributed by atoms with Gasteiger partial charge in [0.2, 0.25) is 0 Å². The molecule has 0 heterocycles. The van der Waals surface area contributed by atoms with Gasteiger partial charge in [-0.25, -0.2) is 0 Å². The van der Waals surface area contributed by atoms with Crippen LogP contribution >= 0.6 is 0 Å². The van der Waals surface area contributed by atoms with E-state index in [0.717, 1.165) is 0 Å². The Hall–Kier alpha value is -1.85. The van der Waals surface area contributed by atoms with E-state index in [-0.39, 0.29) is 0 Å². The van der Waals surface area contributed by atoms with Gasteiger partial charge in [-0.2, -0.15) is 5.26 Å². The second-order valence-electron chi connectivity index (χ2n) is 1.76. The molecule has 0 radical (unpaired) electrons. The minimum absolute atomic E-state index is 0.433. The molecule has 0 aliphatic carbocycles. The van der Waals surface area contributed by atoms with E-state index in [0.29, 0.717) is 13.1 Å². The van der Waals surface area contributed by atoms with Crippen molar-refractivity contribution in [2.75, 3.05) is 13.1 Å². The van der Waals surface area contributed by atoms with Crippen molar-refractivity contribution in [3.05, 3.63) is 12.3 Å². The SMILES string of the molecule is C#CCN(/C=C\C#N)CC#C. The number of nitriles is 1. The summed E-state index contributed by atoms with van der Waals surface area (Å²) in [7, 11) is 0. The number of hydrogen-bond acceptors (Lipinski definition) is 2. The first kappa shape index (κ1) is 9.15. The maximum Gasteiger partial charge on any atom is 0.0927 e. The minimum atomic E-state index is 0.433. The van der Waals surface area contributed by atoms with Gasteiger partial charge in [-0.1, -0.05) is 11.8 Å². The molecule has 0 unspecified atom stereocenters. The lowest BCUT2D eigenvalue weighted by atomic mass is 10.5. The molecule has 0 rings (SSSR count). The summed E-state index contributed by atoms with van der Waals surface area (Å²) in [6.07, 6.45) is 13.0. The van der Waals surface area contributed by atoms with Crippen LogP contribution in [0.3, 0.4) is 0 Å². The molecule has 0 amide bonds. The van der Waals surface area contributed by atoms with Crippen molar-refractivity contribution in [2.24, 2.45) is 0 Å². The molecular weight excluding hydrogens is 136 g/mol. The smallest absolute Gasteiger partial charge is 0.0927 e. The summed E-state index contributed by atoms with van der Waals surface area (Å²) < 4.78 is 0. The molecule has 0 aromatic heterocycles. The number of allylic oxidation sites excluding steroid dienone is 1. The first-order valence-electron chi connectivity index (χ1n) is 3.02. The Kier molecular flexibility index (Phi) is 5.22. The normalized spacial score (nSPS) is 8.09. The van der Waals surface area contributed by atoms with Crippen LogP contribution in [0.15, 0.2) is 12.3 Å². The third kappa shape index (κ3) is 4.64. The molecule has 0 N–H and O–H groups in total. The summed E-state index contributed by atoms with van der Waals surface area (Å²) >= 11 is 0. The number of nitrogens with zero attached hydrogens (tertiary/aromatic N) is 2.